The molecule has 0 aromatic rings. The van der Waals surface area contributed by atoms with Gasteiger partial charge in [0.2, 0.25) is 0 Å². The van der Waals surface area contributed by atoms with Crippen molar-refractivity contribution in [3.8, 4) is 0 Å². The predicted octanol–water partition coefficient (Wildman–Crippen LogP) is -1.73. The summed E-state index contributed by atoms with van der Waals surface area (Å²) in [5.74, 6) is 0. The molecular formula is C9H17NO7S. The van der Waals surface area contributed by atoms with Gasteiger partial charge in [-0.1, -0.05) is 0 Å². The summed E-state index contributed by atoms with van der Waals surface area (Å²) in [6, 6.07) is 0. The maximum absolute atomic E-state index is 10.7. The van der Waals surface area contributed by atoms with E-state index in [4.69, 9.17) is 18.8 Å². The monoisotopic (exact) mass is 283 g/mol. The highest BCUT2D eigenvalue weighted by Gasteiger charge is 2.44. The van der Waals surface area contributed by atoms with Crippen LogP contribution in [-0.4, -0.2) is 80.3 Å². The Morgan fingerprint density at radius 2 is 2.17 bits per heavy atom. The topological polar surface area (TPSA) is 109 Å². The predicted molar refractivity (Wildman–Crippen MR) is 59.4 cm³/mol. The van der Waals surface area contributed by atoms with Gasteiger partial charge in [0.25, 0.3) is 10.1 Å². The molecule has 0 amide bonds. The van der Waals surface area contributed by atoms with E-state index in [-0.39, 0.29) is 32.6 Å². The van der Waals surface area contributed by atoms with Crippen LogP contribution in [-0.2, 0) is 24.3 Å². The fraction of sp³-hybridized carbons (Fsp3) is 1.00. The van der Waals surface area contributed by atoms with Crippen molar-refractivity contribution in [2.24, 2.45) is 0 Å². The van der Waals surface area contributed by atoms with Crippen LogP contribution in [0.2, 0.25) is 0 Å². The first kappa shape index (κ1) is 14.1. The SMILES string of the molecule is O=S(=O)(O)C1CN1CC(O)COCOCC1CO1. The van der Waals surface area contributed by atoms with Gasteiger partial charge in [0.1, 0.15) is 12.9 Å². The fourth-order valence-electron chi connectivity index (χ4n) is 1.54. The van der Waals surface area contributed by atoms with Crippen molar-refractivity contribution in [3.63, 3.8) is 0 Å². The number of rotatable bonds is 9. The molecule has 9 heteroatoms. The van der Waals surface area contributed by atoms with Crippen molar-refractivity contribution in [3.05, 3.63) is 0 Å². The average Bonchev–Trinajstić information content (AvgIpc) is 3.08. The first-order valence-corrected chi connectivity index (χ1v) is 7.12. The molecule has 8 nitrogen and oxygen atoms in total. The van der Waals surface area contributed by atoms with Crippen LogP contribution in [0.15, 0.2) is 0 Å². The minimum absolute atomic E-state index is 0.0558. The molecule has 18 heavy (non-hydrogen) atoms. The van der Waals surface area contributed by atoms with Crippen LogP contribution in [0.4, 0.5) is 0 Å². The van der Waals surface area contributed by atoms with Crippen molar-refractivity contribution in [2.75, 3.05) is 39.7 Å². The minimum Gasteiger partial charge on any atom is -0.389 e. The Morgan fingerprint density at radius 3 is 2.72 bits per heavy atom. The maximum Gasteiger partial charge on any atom is 0.282 e. The second-order valence-electron chi connectivity index (χ2n) is 4.39. The van der Waals surface area contributed by atoms with Crippen LogP contribution in [0, 0.1) is 0 Å². The zero-order chi connectivity index (χ0) is 13.2. The minimum atomic E-state index is -4.02. The lowest BCUT2D eigenvalue weighted by Gasteiger charge is -2.12. The van der Waals surface area contributed by atoms with Crippen molar-refractivity contribution in [1.82, 2.24) is 4.90 Å². The third kappa shape index (κ3) is 4.76. The van der Waals surface area contributed by atoms with Gasteiger partial charge in [-0.25, -0.2) is 0 Å². The van der Waals surface area contributed by atoms with Gasteiger partial charge in [0, 0.05) is 13.1 Å². The number of hydrogen-bond acceptors (Lipinski definition) is 7. The Kier molecular flexibility index (Phi) is 4.54. The van der Waals surface area contributed by atoms with E-state index < -0.39 is 21.6 Å². The molecule has 2 fully saturated rings. The summed E-state index contributed by atoms with van der Waals surface area (Å²) in [5, 5.41) is 8.66. The first-order chi connectivity index (χ1) is 8.47. The normalized spacial score (nSPS) is 32.2. The van der Waals surface area contributed by atoms with Gasteiger partial charge in [-0.05, 0) is 0 Å². The average molecular weight is 283 g/mol. The van der Waals surface area contributed by atoms with Crippen molar-refractivity contribution in [1.29, 1.82) is 0 Å². The Balaban J connectivity index is 1.49. The van der Waals surface area contributed by atoms with E-state index >= 15 is 0 Å². The Morgan fingerprint density at radius 1 is 1.44 bits per heavy atom. The molecule has 0 aliphatic carbocycles. The van der Waals surface area contributed by atoms with Crippen LogP contribution < -0.4 is 0 Å². The first-order valence-electron chi connectivity index (χ1n) is 5.62. The van der Waals surface area contributed by atoms with E-state index in [1.807, 2.05) is 0 Å². The molecule has 0 radical (unpaired) electrons. The summed E-state index contributed by atoms with van der Waals surface area (Å²) in [5.41, 5.74) is 0. The Bertz CT molecular complexity index is 369. The van der Waals surface area contributed by atoms with Gasteiger partial charge in [0.05, 0.1) is 25.9 Å². The highest BCUT2D eigenvalue weighted by atomic mass is 32.2. The van der Waals surface area contributed by atoms with E-state index in [1.54, 1.807) is 0 Å². The molecule has 2 saturated heterocycles. The fourth-order valence-corrected chi connectivity index (χ4v) is 2.38. The summed E-state index contributed by atoms with van der Waals surface area (Å²) in [7, 11) is -4.02. The Hall–Kier alpha value is -0.290. The quantitative estimate of drug-likeness (QED) is 0.222. The molecule has 0 bridgehead atoms. The zero-order valence-corrected chi connectivity index (χ0v) is 10.6. The highest BCUT2D eigenvalue weighted by Crippen LogP contribution is 2.22. The summed E-state index contributed by atoms with van der Waals surface area (Å²) in [4.78, 5) is 1.45. The number of aliphatic hydroxyl groups is 1. The number of aliphatic hydroxyl groups excluding tert-OH is 1. The summed E-state index contributed by atoms with van der Waals surface area (Å²) >= 11 is 0. The van der Waals surface area contributed by atoms with Crippen molar-refractivity contribution in [2.45, 2.75) is 17.6 Å². The summed E-state index contributed by atoms with van der Waals surface area (Å²) in [6.07, 6.45) is -0.635. The second-order valence-corrected chi connectivity index (χ2v) is 5.97. The molecule has 4 unspecified atom stereocenters. The van der Waals surface area contributed by atoms with Gasteiger partial charge in [-0.3, -0.25) is 9.45 Å². The van der Waals surface area contributed by atoms with E-state index in [9.17, 15) is 13.5 Å². The van der Waals surface area contributed by atoms with Crippen LogP contribution in [0.3, 0.4) is 0 Å². The molecule has 2 N–H and O–H groups in total. The molecule has 2 rings (SSSR count). The summed E-state index contributed by atoms with van der Waals surface area (Å²) < 4.78 is 45.3. The molecule has 0 aromatic carbocycles. The van der Waals surface area contributed by atoms with Gasteiger partial charge < -0.3 is 19.3 Å². The van der Waals surface area contributed by atoms with Crippen molar-refractivity contribution < 1.29 is 32.3 Å². The van der Waals surface area contributed by atoms with Crippen LogP contribution >= 0.6 is 0 Å². The van der Waals surface area contributed by atoms with E-state index in [2.05, 4.69) is 0 Å². The third-order valence-electron chi connectivity index (χ3n) is 2.64. The van der Waals surface area contributed by atoms with Gasteiger partial charge in [-0.15, -0.1) is 0 Å². The largest absolute Gasteiger partial charge is 0.389 e. The molecule has 0 aromatic heterocycles. The Labute approximate surface area is 105 Å². The highest BCUT2D eigenvalue weighted by molar-refractivity contribution is 7.86. The molecule has 0 saturated carbocycles. The summed E-state index contributed by atoms with van der Waals surface area (Å²) in [6.45, 7) is 1.71. The molecule has 2 aliphatic rings. The lowest BCUT2D eigenvalue weighted by atomic mass is 10.4. The van der Waals surface area contributed by atoms with E-state index in [0.29, 0.717) is 13.2 Å². The van der Waals surface area contributed by atoms with E-state index in [0.717, 1.165) is 0 Å². The van der Waals surface area contributed by atoms with Crippen molar-refractivity contribution >= 4 is 10.1 Å². The standard InChI is InChI=1S/C9H17NO7S/c11-7(1-10-2-9(10)18(12,13)14)3-15-6-16-4-8-5-17-8/h7-9,11H,1-6H2,(H,12,13,14). The van der Waals surface area contributed by atoms with Gasteiger partial charge >= 0.3 is 0 Å². The molecular weight excluding hydrogens is 266 g/mol. The zero-order valence-electron chi connectivity index (χ0n) is 9.77. The smallest absolute Gasteiger partial charge is 0.282 e. The van der Waals surface area contributed by atoms with Crippen LogP contribution in [0.1, 0.15) is 0 Å². The molecule has 2 aliphatic heterocycles. The number of epoxide rings is 1. The number of β-amino-alcohol motifs (C(OH)–C–C–N with tert-alkyl or cyclic N) is 1. The number of ether oxygens (including phenoxy) is 3. The van der Waals surface area contributed by atoms with Crippen LogP contribution in [0.25, 0.3) is 0 Å². The molecule has 4 atom stereocenters. The lowest BCUT2D eigenvalue weighted by Crippen LogP contribution is -2.27. The van der Waals surface area contributed by atoms with E-state index in [1.165, 1.54) is 4.90 Å². The number of hydrogen-bond donors (Lipinski definition) is 2. The van der Waals surface area contributed by atoms with Gasteiger partial charge in [0.15, 0.2) is 5.37 Å². The molecule has 106 valence electrons. The third-order valence-corrected chi connectivity index (χ3v) is 3.77. The van der Waals surface area contributed by atoms with Gasteiger partial charge in [-0.2, -0.15) is 8.42 Å². The number of nitrogens with zero attached hydrogens (tertiary/aromatic N) is 1. The van der Waals surface area contributed by atoms with Crippen LogP contribution in [0.5, 0.6) is 0 Å². The molecule has 2 heterocycles. The molecule has 0 spiro atoms. The maximum atomic E-state index is 10.7. The lowest BCUT2D eigenvalue weighted by molar-refractivity contribution is -0.0825. The second kappa shape index (κ2) is 5.78.